The molecule has 3 rings (SSSR count). The van der Waals surface area contributed by atoms with Crippen molar-refractivity contribution in [2.24, 2.45) is 0 Å². The normalized spacial score (nSPS) is 12.2. The number of hydrogen-bond acceptors (Lipinski definition) is 3. The van der Waals surface area contributed by atoms with Gasteiger partial charge >= 0.3 is 0 Å². The van der Waals surface area contributed by atoms with Crippen LogP contribution in [0.1, 0.15) is 18.2 Å². The van der Waals surface area contributed by atoms with E-state index in [1.54, 1.807) is 0 Å². The quantitative estimate of drug-likeness (QED) is 0.611. The number of hydrogen-bond donors (Lipinski definition) is 1. The molecular weight excluding hydrogens is 374 g/mol. The standard InChI is InChI=1S/C21H24BrN3/c1-14(25(4)18-8-6-5-7-9-18)13-23-21-15(2)16(3)24-20-11-10-17(22)12-19(20)21/h5-12,14H,13H2,1-4H3,(H,23,24). The topological polar surface area (TPSA) is 28.2 Å². The molecule has 0 amide bonds. The van der Waals surface area contributed by atoms with Crippen molar-refractivity contribution >= 4 is 38.2 Å². The Morgan fingerprint density at radius 1 is 1.12 bits per heavy atom. The lowest BCUT2D eigenvalue weighted by molar-refractivity contribution is 0.716. The molecule has 1 aromatic heterocycles. The Labute approximate surface area is 158 Å². The predicted molar refractivity (Wildman–Crippen MR) is 112 cm³/mol. The Hall–Kier alpha value is -2.07. The van der Waals surface area contributed by atoms with Crippen molar-refractivity contribution in [3.63, 3.8) is 0 Å². The first kappa shape index (κ1) is 17.7. The number of aromatic nitrogens is 1. The van der Waals surface area contributed by atoms with Gasteiger partial charge in [-0.05, 0) is 56.7 Å². The molecule has 0 aliphatic rings. The van der Waals surface area contributed by atoms with Crippen molar-refractivity contribution < 1.29 is 0 Å². The number of para-hydroxylation sites is 1. The van der Waals surface area contributed by atoms with Crippen LogP contribution in [0, 0.1) is 13.8 Å². The molecule has 0 bridgehead atoms. The monoisotopic (exact) mass is 397 g/mol. The maximum absolute atomic E-state index is 4.72. The smallest absolute Gasteiger partial charge is 0.0726 e. The SMILES string of the molecule is Cc1nc2ccc(Br)cc2c(NCC(C)N(C)c2ccccc2)c1C. The molecule has 1 N–H and O–H groups in total. The number of likely N-dealkylation sites (N-methyl/N-ethyl adjacent to an activating group) is 1. The fourth-order valence-corrected chi connectivity index (χ4v) is 3.35. The Morgan fingerprint density at radius 2 is 1.84 bits per heavy atom. The van der Waals surface area contributed by atoms with E-state index in [2.05, 4.69) is 90.4 Å². The lowest BCUT2D eigenvalue weighted by atomic mass is 10.1. The van der Waals surface area contributed by atoms with Gasteiger partial charge < -0.3 is 10.2 Å². The van der Waals surface area contributed by atoms with Crippen LogP contribution < -0.4 is 10.2 Å². The van der Waals surface area contributed by atoms with Gasteiger partial charge in [-0.15, -0.1) is 0 Å². The summed E-state index contributed by atoms with van der Waals surface area (Å²) in [7, 11) is 2.14. The molecule has 1 heterocycles. The van der Waals surface area contributed by atoms with E-state index in [1.807, 2.05) is 12.1 Å². The number of fused-ring (bicyclic) bond motifs is 1. The van der Waals surface area contributed by atoms with Crippen molar-refractivity contribution in [3.8, 4) is 0 Å². The average molecular weight is 398 g/mol. The fourth-order valence-electron chi connectivity index (χ4n) is 2.99. The van der Waals surface area contributed by atoms with Crippen LogP contribution in [-0.2, 0) is 0 Å². The van der Waals surface area contributed by atoms with Crippen molar-refractivity contribution in [1.82, 2.24) is 4.98 Å². The van der Waals surface area contributed by atoms with Crippen LogP contribution in [0.15, 0.2) is 53.0 Å². The third-order valence-corrected chi connectivity index (χ3v) is 5.33. The van der Waals surface area contributed by atoms with Crippen LogP contribution in [0.4, 0.5) is 11.4 Å². The second-order valence-electron chi connectivity index (χ2n) is 6.54. The summed E-state index contributed by atoms with van der Waals surface area (Å²) in [6, 6.07) is 17.1. The second-order valence-corrected chi connectivity index (χ2v) is 7.45. The first-order valence-electron chi connectivity index (χ1n) is 8.55. The summed E-state index contributed by atoms with van der Waals surface area (Å²) in [6.07, 6.45) is 0. The van der Waals surface area contributed by atoms with E-state index in [-0.39, 0.29) is 0 Å². The van der Waals surface area contributed by atoms with Gasteiger partial charge in [0.1, 0.15) is 0 Å². The molecule has 0 saturated carbocycles. The van der Waals surface area contributed by atoms with Crippen molar-refractivity contribution in [1.29, 1.82) is 0 Å². The van der Waals surface area contributed by atoms with Gasteiger partial charge in [0, 0.05) is 46.6 Å². The van der Waals surface area contributed by atoms with Gasteiger partial charge in [-0.3, -0.25) is 4.98 Å². The van der Waals surface area contributed by atoms with E-state index >= 15 is 0 Å². The minimum absolute atomic E-state index is 0.359. The molecule has 0 spiro atoms. The van der Waals surface area contributed by atoms with Crippen LogP contribution in [0.25, 0.3) is 10.9 Å². The van der Waals surface area contributed by atoms with Gasteiger partial charge in [0.25, 0.3) is 0 Å². The van der Waals surface area contributed by atoms with Gasteiger partial charge in [-0.2, -0.15) is 0 Å². The van der Waals surface area contributed by atoms with Gasteiger partial charge in [-0.25, -0.2) is 0 Å². The van der Waals surface area contributed by atoms with E-state index in [9.17, 15) is 0 Å². The summed E-state index contributed by atoms with van der Waals surface area (Å²) >= 11 is 3.58. The molecule has 3 nitrogen and oxygen atoms in total. The highest BCUT2D eigenvalue weighted by Crippen LogP contribution is 2.30. The third-order valence-electron chi connectivity index (χ3n) is 4.83. The van der Waals surface area contributed by atoms with Crippen LogP contribution >= 0.6 is 15.9 Å². The molecule has 1 unspecified atom stereocenters. The minimum atomic E-state index is 0.359. The zero-order valence-electron chi connectivity index (χ0n) is 15.2. The number of anilines is 2. The molecule has 1 atom stereocenters. The number of nitrogens with one attached hydrogen (secondary N) is 1. The van der Waals surface area contributed by atoms with Crippen molar-refractivity contribution in [2.45, 2.75) is 26.8 Å². The number of pyridine rings is 1. The van der Waals surface area contributed by atoms with E-state index in [0.29, 0.717) is 6.04 Å². The largest absolute Gasteiger partial charge is 0.382 e. The number of benzene rings is 2. The summed E-state index contributed by atoms with van der Waals surface area (Å²) < 4.78 is 1.07. The predicted octanol–water partition coefficient (Wildman–Crippen LogP) is 5.55. The highest BCUT2D eigenvalue weighted by atomic mass is 79.9. The van der Waals surface area contributed by atoms with Crippen molar-refractivity contribution in [2.75, 3.05) is 23.8 Å². The number of aryl methyl sites for hydroxylation is 1. The van der Waals surface area contributed by atoms with E-state index < -0.39 is 0 Å². The van der Waals surface area contributed by atoms with Gasteiger partial charge in [0.05, 0.1) is 5.52 Å². The number of nitrogens with zero attached hydrogens (tertiary/aromatic N) is 2. The Balaban J connectivity index is 1.85. The van der Waals surface area contributed by atoms with Crippen LogP contribution in [0.2, 0.25) is 0 Å². The zero-order valence-corrected chi connectivity index (χ0v) is 16.8. The Kier molecular flexibility index (Phi) is 5.28. The summed E-state index contributed by atoms with van der Waals surface area (Å²) in [5.74, 6) is 0. The number of halogens is 1. The van der Waals surface area contributed by atoms with Crippen molar-refractivity contribution in [3.05, 3.63) is 64.3 Å². The lowest BCUT2D eigenvalue weighted by Crippen LogP contribution is -2.35. The highest BCUT2D eigenvalue weighted by molar-refractivity contribution is 9.10. The summed E-state index contributed by atoms with van der Waals surface area (Å²) in [6.45, 7) is 7.30. The fraction of sp³-hybridized carbons (Fsp3) is 0.286. The molecule has 3 aromatic rings. The lowest BCUT2D eigenvalue weighted by Gasteiger charge is -2.28. The second kappa shape index (κ2) is 7.44. The highest BCUT2D eigenvalue weighted by Gasteiger charge is 2.13. The first-order valence-corrected chi connectivity index (χ1v) is 9.35. The molecule has 2 aromatic carbocycles. The molecule has 0 fully saturated rings. The van der Waals surface area contributed by atoms with Crippen LogP contribution in [-0.4, -0.2) is 24.6 Å². The molecule has 0 aliphatic heterocycles. The van der Waals surface area contributed by atoms with Crippen LogP contribution in [0.3, 0.4) is 0 Å². The maximum Gasteiger partial charge on any atom is 0.0726 e. The summed E-state index contributed by atoms with van der Waals surface area (Å²) in [5.41, 5.74) is 5.71. The zero-order chi connectivity index (χ0) is 18.0. The molecule has 25 heavy (non-hydrogen) atoms. The molecule has 0 saturated heterocycles. The van der Waals surface area contributed by atoms with Crippen LogP contribution in [0.5, 0.6) is 0 Å². The Bertz CT molecular complexity index is 877. The van der Waals surface area contributed by atoms with E-state index in [0.717, 1.165) is 27.6 Å². The minimum Gasteiger partial charge on any atom is -0.382 e. The van der Waals surface area contributed by atoms with E-state index in [4.69, 9.17) is 4.98 Å². The Morgan fingerprint density at radius 3 is 2.56 bits per heavy atom. The summed E-state index contributed by atoms with van der Waals surface area (Å²) in [5, 5.41) is 4.83. The maximum atomic E-state index is 4.72. The number of rotatable bonds is 5. The van der Waals surface area contributed by atoms with E-state index in [1.165, 1.54) is 16.9 Å². The van der Waals surface area contributed by atoms with Gasteiger partial charge in [-0.1, -0.05) is 34.1 Å². The third kappa shape index (κ3) is 3.79. The molecule has 0 aliphatic carbocycles. The van der Waals surface area contributed by atoms with Gasteiger partial charge in [0.15, 0.2) is 0 Å². The summed E-state index contributed by atoms with van der Waals surface area (Å²) in [4.78, 5) is 7.02. The first-order chi connectivity index (χ1) is 12.0. The molecule has 4 heteroatoms. The average Bonchev–Trinajstić information content (AvgIpc) is 2.62. The molecule has 0 radical (unpaired) electrons. The van der Waals surface area contributed by atoms with Gasteiger partial charge in [0.2, 0.25) is 0 Å². The molecule has 130 valence electrons. The molecular formula is C21H24BrN3.